The molecule has 0 atom stereocenters. The third kappa shape index (κ3) is 5.24. The molecule has 176 valence electrons. The zero-order valence-electron chi connectivity index (χ0n) is 19.6. The minimum Gasteiger partial charge on any atom is -0.493 e. The summed E-state index contributed by atoms with van der Waals surface area (Å²) in [4.78, 5) is 22.8. The van der Waals surface area contributed by atoms with Crippen molar-refractivity contribution in [1.29, 1.82) is 0 Å². The average molecular weight is 471 g/mol. The molecule has 0 N–H and O–H groups in total. The second-order valence-electron chi connectivity index (χ2n) is 8.42. The van der Waals surface area contributed by atoms with Crippen molar-refractivity contribution < 1.29 is 14.0 Å². The molecule has 0 spiro atoms. The number of allylic oxidation sites excluding steroid dienone is 2. The fraction of sp³-hybridized carbons (Fsp3) is 0.500. The Balaban J connectivity index is 1.70. The Morgan fingerprint density at radius 2 is 1.94 bits per heavy atom. The SMILES string of the molecule is COc1cc2nc(SCc3nc(C(C)C)no3)n(CCC3=CCCCC3)c(=O)c2cc1OC. The van der Waals surface area contributed by atoms with Crippen LogP contribution < -0.4 is 15.0 Å². The van der Waals surface area contributed by atoms with Crippen LogP contribution >= 0.6 is 11.8 Å². The van der Waals surface area contributed by atoms with Crippen LogP contribution in [0.25, 0.3) is 10.9 Å². The maximum Gasteiger partial charge on any atom is 0.262 e. The molecule has 0 unspecified atom stereocenters. The van der Waals surface area contributed by atoms with Crippen LogP contribution in [-0.2, 0) is 12.3 Å². The van der Waals surface area contributed by atoms with E-state index in [1.54, 1.807) is 30.9 Å². The monoisotopic (exact) mass is 470 g/mol. The normalized spacial score (nSPS) is 14.0. The quantitative estimate of drug-likeness (QED) is 0.242. The molecule has 8 nitrogen and oxygen atoms in total. The molecular weight excluding hydrogens is 440 g/mol. The molecule has 0 amide bonds. The maximum absolute atomic E-state index is 13.5. The molecule has 0 aliphatic heterocycles. The Bertz CT molecular complexity index is 1220. The van der Waals surface area contributed by atoms with Crippen molar-refractivity contribution in [1.82, 2.24) is 19.7 Å². The second-order valence-corrected chi connectivity index (χ2v) is 9.37. The lowest BCUT2D eigenvalue weighted by molar-refractivity contribution is 0.355. The summed E-state index contributed by atoms with van der Waals surface area (Å²) < 4.78 is 18.0. The van der Waals surface area contributed by atoms with E-state index in [-0.39, 0.29) is 11.5 Å². The number of aromatic nitrogens is 4. The minimum atomic E-state index is -0.0896. The number of fused-ring (bicyclic) bond motifs is 1. The lowest BCUT2D eigenvalue weighted by atomic mass is 9.97. The number of hydrogen-bond donors (Lipinski definition) is 0. The smallest absolute Gasteiger partial charge is 0.262 e. The van der Waals surface area contributed by atoms with Gasteiger partial charge in [0.15, 0.2) is 22.5 Å². The zero-order valence-corrected chi connectivity index (χ0v) is 20.4. The van der Waals surface area contributed by atoms with Gasteiger partial charge in [0, 0.05) is 18.5 Å². The third-order valence-electron chi connectivity index (χ3n) is 5.79. The lowest BCUT2D eigenvalue weighted by Gasteiger charge is -2.16. The van der Waals surface area contributed by atoms with E-state index in [4.69, 9.17) is 19.0 Å². The van der Waals surface area contributed by atoms with Gasteiger partial charge < -0.3 is 14.0 Å². The lowest BCUT2D eigenvalue weighted by Crippen LogP contribution is -2.24. The molecule has 9 heteroatoms. The van der Waals surface area contributed by atoms with Crippen LogP contribution in [0.5, 0.6) is 11.5 Å². The van der Waals surface area contributed by atoms with Crippen molar-refractivity contribution in [3.63, 3.8) is 0 Å². The van der Waals surface area contributed by atoms with Crippen LogP contribution in [0.3, 0.4) is 0 Å². The molecule has 3 aromatic rings. The van der Waals surface area contributed by atoms with Gasteiger partial charge in [0.2, 0.25) is 5.89 Å². The number of ether oxygens (including phenoxy) is 2. The summed E-state index contributed by atoms with van der Waals surface area (Å²) in [7, 11) is 3.13. The van der Waals surface area contributed by atoms with E-state index in [9.17, 15) is 4.79 Å². The zero-order chi connectivity index (χ0) is 23.4. The molecule has 33 heavy (non-hydrogen) atoms. The van der Waals surface area contributed by atoms with Gasteiger partial charge in [-0.2, -0.15) is 4.98 Å². The number of methoxy groups -OCH3 is 2. The van der Waals surface area contributed by atoms with Gasteiger partial charge in [0.25, 0.3) is 5.56 Å². The third-order valence-corrected chi connectivity index (χ3v) is 6.75. The van der Waals surface area contributed by atoms with Crippen molar-refractivity contribution in [3.05, 3.63) is 45.9 Å². The minimum absolute atomic E-state index is 0.0896. The van der Waals surface area contributed by atoms with Crippen LogP contribution in [-0.4, -0.2) is 33.9 Å². The standard InChI is InChI=1S/C24H30N4O4S/c1-15(2)22-26-21(32-27-22)14-33-24-25-18-13-20(31-4)19(30-3)12-17(18)23(29)28(24)11-10-16-8-6-5-7-9-16/h8,12-13,15H,5-7,9-11,14H2,1-4H3. The molecule has 0 radical (unpaired) electrons. The summed E-state index contributed by atoms with van der Waals surface area (Å²) in [6, 6.07) is 3.46. The Hall–Kier alpha value is -2.81. The highest BCUT2D eigenvalue weighted by Gasteiger charge is 2.18. The molecule has 4 rings (SSSR count). The average Bonchev–Trinajstić information content (AvgIpc) is 3.31. The molecule has 0 saturated carbocycles. The molecule has 0 fully saturated rings. The Morgan fingerprint density at radius 3 is 2.61 bits per heavy atom. The molecule has 1 aromatic carbocycles. The largest absolute Gasteiger partial charge is 0.493 e. The Kier molecular flexibility index (Phi) is 7.37. The fourth-order valence-corrected chi connectivity index (χ4v) is 4.77. The molecule has 1 aliphatic rings. The first-order chi connectivity index (χ1) is 16.0. The van der Waals surface area contributed by atoms with E-state index in [0.29, 0.717) is 51.6 Å². The van der Waals surface area contributed by atoms with Gasteiger partial charge in [0.1, 0.15) is 0 Å². The van der Waals surface area contributed by atoms with Crippen molar-refractivity contribution in [2.45, 2.75) is 69.3 Å². The Labute approximate surface area is 197 Å². The number of thioether (sulfide) groups is 1. The van der Waals surface area contributed by atoms with E-state index in [1.165, 1.54) is 30.2 Å². The van der Waals surface area contributed by atoms with E-state index in [1.807, 2.05) is 13.8 Å². The highest BCUT2D eigenvalue weighted by molar-refractivity contribution is 7.98. The van der Waals surface area contributed by atoms with Gasteiger partial charge in [-0.15, -0.1) is 0 Å². The first-order valence-corrected chi connectivity index (χ1v) is 12.3. The van der Waals surface area contributed by atoms with Gasteiger partial charge in [-0.05, 0) is 38.2 Å². The van der Waals surface area contributed by atoms with E-state index in [2.05, 4.69) is 16.2 Å². The van der Waals surface area contributed by atoms with Gasteiger partial charge >= 0.3 is 0 Å². The molecule has 1 aliphatic carbocycles. The first kappa shape index (κ1) is 23.4. The molecule has 2 heterocycles. The van der Waals surface area contributed by atoms with Crippen LogP contribution in [0.2, 0.25) is 0 Å². The van der Waals surface area contributed by atoms with Crippen LogP contribution in [0.1, 0.15) is 63.6 Å². The number of rotatable bonds is 9. The van der Waals surface area contributed by atoms with Gasteiger partial charge in [-0.25, -0.2) is 4.98 Å². The second kappa shape index (κ2) is 10.4. The number of benzene rings is 1. The van der Waals surface area contributed by atoms with Gasteiger partial charge in [-0.1, -0.05) is 42.4 Å². The van der Waals surface area contributed by atoms with Crippen molar-refractivity contribution in [3.8, 4) is 11.5 Å². The predicted molar refractivity (Wildman–Crippen MR) is 128 cm³/mol. The first-order valence-electron chi connectivity index (χ1n) is 11.3. The van der Waals surface area contributed by atoms with Crippen LogP contribution in [0.15, 0.2) is 38.3 Å². The topological polar surface area (TPSA) is 92.3 Å². The van der Waals surface area contributed by atoms with Crippen molar-refractivity contribution >= 4 is 22.7 Å². The predicted octanol–water partition coefficient (Wildman–Crippen LogP) is 5.10. The van der Waals surface area contributed by atoms with Crippen LogP contribution in [0.4, 0.5) is 0 Å². The molecular formula is C24H30N4O4S. The highest BCUT2D eigenvalue weighted by atomic mass is 32.2. The van der Waals surface area contributed by atoms with Crippen LogP contribution in [0, 0.1) is 0 Å². The summed E-state index contributed by atoms with van der Waals surface area (Å²) >= 11 is 1.43. The number of hydrogen-bond acceptors (Lipinski definition) is 8. The highest BCUT2D eigenvalue weighted by Crippen LogP contribution is 2.32. The van der Waals surface area contributed by atoms with E-state index >= 15 is 0 Å². The molecule has 2 aromatic heterocycles. The summed E-state index contributed by atoms with van der Waals surface area (Å²) in [6.45, 7) is 4.61. The van der Waals surface area contributed by atoms with E-state index in [0.717, 1.165) is 19.3 Å². The Morgan fingerprint density at radius 1 is 1.15 bits per heavy atom. The summed E-state index contributed by atoms with van der Waals surface area (Å²) in [5, 5.41) is 5.17. The maximum atomic E-state index is 13.5. The summed E-state index contributed by atoms with van der Waals surface area (Å²) in [5.74, 6) is 2.88. The summed E-state index contributed by atoms with van der Waals surface area (Å²) in [6.07, 6.45) is 7.83. The van der Waals surface area contributed by atoms with Gasteiger partial charge in [0.05, 0.1) is 30.9 Å². The summed E-state index contributed by atoms with van der Waals surface area (Å²) in [5.41, 5.74) is 1.89. The fourth-order valence-electron chi connectivity index (χ4n) is 3.91. The van der Waals surface area contributed by atoms with Crippen molar-refractivity contribution in [2.75, 3.05) is 14.2 Å². The number of nitrogens with zero attached hydrogens (tertiary/aromatic N) is 4. The molecule has 0 saturated heterocycles. The van der Waals surface area contributed by atoms with E-state index < -0.39 is 0 Å². The molecule has 0 bridgehead atoms. The van der Waals surface area contributed by atoms with Gasteiger partial charge in [-0.3, -0.25) is 9.36 Å². The van der Waals surface area contributed by atoms with Crippen molar-refractivity contribution in [2.24, 2.45) is 0 Å².